The zero-order valence-corrected chi connectivity index (χ0v) is 13.0. The third-order valence-electron chi connectivity index (χ3n) is 4.13. The van der Waals surface area contributed by atoms with Gasteiger partial charge in [0.1, 0.15) is 5.75 Å². The van der Waals surface area contributed by atoms with Gasteiger partial charge in [0.05, 0.1) is 0 Å². The number of rotatable bonds is 7. The van der Waals surface area contributed by atoms with Gasteiger partial charge in [-0.1, -0.05) is 31.9 Å². The van der Waals surface area contributed by atoms with Crippen LogP contribution in [0, 0.1) is 0 Å². The summed E-state index contributed by atoms with van der Waals surface area (Å²) in [5.41, 5.74) is 1.24. The van der Waals surface area contributed by atoms with Crippen LogP contribution in [0.5, 0.6) is 5.75 Å². The standard InChI is InChI=1S/C17H26N2O2/c1-3-16(18-2)13-8-10-15(11-9-13)21-12-17(20)19-14-6-4-5-7-14/h8-11,14,16,18H,3-7,12H2,1-2H3,(H,19,20). The maximum atomic E-state index is 11.8. The first kappa shape index (κ1) is 15.8. The molecule has 1 aromatic rings. The van der Waals surface area contributed by atoms with E-state index in [1.807, 2.05) is 19.2 Å². The highest BCUT2D eigenvalue weighted by Crippen LogP contribution is 2.20. The Hall–Kier alpha value is -1.55. The molecule has 0 bridgehead atoms. The van der Waals surface area contributed by atoms with Crippen LogP contribution in [0.4, 0.5) is 0 Å². The van der Waals surface area contributed by atoms with Crippen LogP contribution in [0.25, 0.3) is 0 Å². The van der Waals surface area contributed by atoms with Gasteiger partial charge in [0.15, 0.2) is 6.61 Å². The van der Waals surface area contributed by atoms with Gasteiger partial charge in [0.2, 0.25) is 0 Å². The van der Waals surface area contributed by atoms with Gasteiger partial charge in [-0.15, -0.1) is 0 Å². The third kappa shape index (κ3) is 4.74. The minimum absolute atomic E-state index is 0.0207. The Morgan fingerprint density at radius 2 is 1.95 bits per heavy atom. The van der Waals surface area contributed by atoms with Crippen LogP contribution in [0.2, 0.25) is 0 Å². The number of nitrogens with one attached hydrogen (secondary N) is 2. The number of hydrogen-bond acceptors (Lipinski definition) is 3. The Morgan fingerprint density at radius 3 is 2.52 bits per heavy atom. The number of hydrogen-bond donors (Lipinski definition) is 2. The Balaban J connectivity index is 1.78. The molecule has 1 amide bonds. The van der Waals surface area contributed by atoms with E-state index in [0.29, 0.717) is 12.1 Å². The fourth-order valence-corrected chi connectivity index (χ4v) is 2.89. The van der Waals surface area contributed by atoms with Gasteiger partial charge in [-0.25, -0.2) is 0 Å². The number of ether oxygens (including phenoxy) is 1. The molecule has 1 aromatic carbocycles. The van der Waals surface area contributed by atoms with E-state index in [4.69, 9.17) is 4.74 Å². The smallest absolute Gasteiger partial charge is 0.258 e. The normalized spacial score (nSPS) is 16.7. The van der Waals surface area contributed by atoms with Crippen LogP contribution in [-0.2, 0) is 4.79 Å². The van der Waals surface area contributed by atoms with E-state index in [2.05, 4.69) is 29.7 Å². The van der Waals surface area contributed by atoms with E-state index < -0.39 is 0 Å². The average molecular weight is 290 g/mol. The molecule has 0 radical (unpaired) electrons. The Kier molecular flexibility index (Phi) is 6.05. The van der Waals surface area contributed by atoms with Crippen molar-refractivity contribution in [3.05, 3.63) is 29.8 Å². The quantitative estimate of drug-likeness (QED) is 0.812. The molecule has 0 aromatic heterocycles. The Labute approximate surface area is 127 Å². The predicted molar refractivity (Wildman–Crippen MR) is 84.4 cm³/mol. The summed E-state index contributed by atoms with van der Waals surface area (Å²) in [6.07, 6.45) is 5.68. The lowest BCUT2D eigenvalue weighted by Gasteiger charge is -2.15. The van der Waals surface area contributed by atoms with Gasteiger partial charge in [-0.2, -0.15) is 0 Å². The molecule has 4 heteroatoms. The minimum atomic E-state index is -0.0207. The average Bonchev–Trinajstić information content (AvgIpc) is 3.00. The number of amides is 1. The SMILES string of the molecule is CCC(NC)c1ccc(OCC(=O)NC2CCCC2)cc1. The summed E-state index contributed by atoms with van der Waals surface area (Å²) in [6, 6.07) is 8.68. The van der Waals surface area contributed by atoms with Crippen molar-refractivity contribution in [3.8, 4) is 5.75 Å². The fourth-order valence-electron chi connectivity index (χ4n) is 2.89. The maximum Gasteiger partial charge on any atom is 0.258 e. The van der Waals surface area contributed by atoms with Crippen molar-refractivity contribution < 1.29 is 9.53 Å². The number of benzene rings is 1. The van der Waals surface area contributed by atoms with Gasteiger partial charge in [0, 0.05) is 12.1 Å². The molecule has 0 aliphatic heterocycles. The zero-order valence-electron chi connectivity index (χ0n) is 13.0. The Morgan fingerprint density at radius 1 is 1.29 bits per heavy atom. The van der Waals surface area contributed by atoms with Crippen LogP contribution in [0.1, 0.15) is 50.6 Å². The lowest BCUT2D eigenvalue weighted by molar-refractivity contribution is -0.123. The second-order valence-electron chi connectivity index (χ2n) is 5.66. The molecule has 116 valence electrons. The van der Waals surface area contributed by atoms with Gasteiger partial charge < -0.3 is 15.4 Å². The molecular weight excluding hydrogens is 264 g/mol. The summed E-state index contributed by atoms with van der Waals surface area (Å²) in [4.78, 5) is 11.8. The highest BCUT2D eigenvalue weighted by atomic mass is 16.5. The molecule has 2 rings (SSSR count). The molecule has 0 saturated heterocycles. The highest BCUT2D eigenvalue weighted by Gasteiger charge is 2.17. The van der Waals surface area contributed by atoms with Crippen molar-refractivity contribution in [2.45, 2.75) is 51.1 Å². The summed E-state index contributed by atoms with van der Waals surface area (Å²) in [5, 5.41) is 6.30. The molecule has 1 saturated carbocycles. The molecule has 1 unspecified atom stereocenters. The van der Waals surface area contributed by atoms with E-state index in [-0.39, 0.29) is 12.5 Å². The molecule has 0 heterocycles. The molecule has 0 spiro atoms. The molecule has 1 fully saturated rings. The monoisotopic (exact) mass is 290 g/mol. The van der Waals surface area contributed by atoms with Crippen molar-refractivity contribution in [1.29, 1.82) is 0 Å². The van der Waals surface area contributed by atoms with Crippen LogP contribution in [0.3, 0.4) is 0 Å². The molecule has 21 heavy (non-hydrogen) atoms. The van der Waals surface area contributed by atoms with Crippen molar-refractivity contribution in [2.75, 3.05) is 13.7 Å². The van der Waals surface area contributed by atoms with Crippen molar-refractivity contribution >= 4 is 5.91 Å². The minimum Gasteiger partial charge on any atom is -0.484 e. The van der Waals surface area contributed by atoms with Crippen LogP contribution >= 0.6 is 0 Å². The van der Waals surface area contributed by atoms with Gasteiger partial charge in [-0.3, -0.25) is 4.79 Å². The fraction of sp³-hybridized carbons (Fsp3) is 0.588. The van der Waals surface area contributed by atoms with E-state index in [1.165, 1.54) is 18.4 Å². The largest absolute Gasteiger partial charge is 0.484 e. The summed E-state index contributed by atoms with van der Waals surface area (Å²) in [7, 11) is 1.96. The third-order valence-corrected chi connectivity index (χ3v) is 4.13. The second kappa shape index (κ2) is 8.03. The lowest BCUT2D eigenvalue weighted by Crippen LogP contribution is -2.36. The van der Waals surface area contributed by atoms with Gasteiger partial charge >= 0.3 is 0 Å². The maximum absolute atomic E-state index is 11.8. The van der Waals surface area contributed by atoms with E-state index >= 15 is 0 Å². The van der Waals surface area contributed by atoms with Crippen LogP contribution < -0.4 is 15.4 Å². The second-order valence-corrected chi connectivity index (χ2v) is 5.66. The molecule has 4 nitrogen and oxygen atoms in total. The number of carbonyl (C=O) groups is 1. The Bertz CT molecular complexity index is 435. The number of carbonyl (C=O) groups excluding carboxylic acids is 1. The summed E-state index contributed by atoms with van der Waals surface area (Å²) >= 11 is 0. The molecule has 1 aliphatic carbocycles. The van der Waals surface area contributed by atoms with Gasteiger partial charge in [0.25, 0.3) is 5.91 Å². The highest BCUT2D eigenvalue weighted by molar-refractivity contribution is 5.77. The molecule has 2 N–H and O–H groups in total. The molecular formula is C17H26N2O2. The molecule has 1 aliphatic rings. The molecule has 1 atom stereocenters. The van der Waals surface area contributed by atoms with Crippen molar-refractivity contribution in [1.82, 2.24) is 10.6 Å². The predicted octanol–water partition coefficient (Wildman–Crippen LogP) is 2.79. The topological polar surface area (TPSA) is 50.4 Å². The van der Waals surface area contributed by atoms with E-state index in [0.717, 1.165) is 25.0 Å². The zero-order chi connectivity index (χ0) is 15.1. The first-order valence-electron chi connectivity index (χ1n) is 7.92. The first-order chi connectivity index (χ1) is 10.2. The summed E-state index contributed by atoms with van der Waals surface area (Å²) < 4.78 is 5.55. The lowest BCUT2D eigenvalue weighted by atomic mass is 10.1. The van der Waals surface area contributed by atoms with Gasteiger partial charge in [-0.05, 0) is 44.0 Å². The van der Waals surface area contributed by atoms with E-state index in [1.54, 1.807) is 0 Å². The van der Waals surface area contributed by atoms with Crippen molar-refractivity contribution in [3.63, 3.8) is 0 Å². The van der Waals surface area contributed by atoms with Crippen molar-refractivity contribution in [2.24, 2.45) is 0 Å². The summed E-state index contributed by atoms with van der Waals surface area (Å²) in [6.45, 7) is 2.25. The first-order valence-corrected chi connectivity index (χ1v) is 7.92. The summed E-state index contributed by atoms with van der Waals surface area (Å²) in [5.74, 6) is 0.721. The van der Waals surface area contributed by atoms with Crippen LogP contribution in [-0.4, -0.2) is 25.6 Å². The van der Waals surface area contributed by atoms with E-state index in [9.17, 15) is 4.79 Å². The van der Waals surface area contributed by atoms with Crippen LogP contribution in [0.15, 0.2) is 24.3 Å².